The predicted octanol–water partition coefficient (Wildman–Crippen LogP) is 4.92. The Morgan fingerprint density at radius 2 is 1.79 bits per heavy atom. The molecule has 2 N–H and O–H groups in total. The number of methoxy groups -OCH3 is 1. The molecule has 0 radical (unpaired) electrons. The van der Waals surface area contributed by atoms with Gasteiger partial charge in [0.15, 0.2) is 5.96 Å². The molecule has 0 aliphatic carbocycles. The van der Waals surface area contributed by atoms with E-state index >= 15 is 0 Å². The van der Waals surface area contributed by atoms with Crippen molar-refractivity contribution >= 4 is 29.9 Å². The molecule has 1 aromatic carbocycles. The van der Waals surface area contributed by atoms with Crippen LogP contribution in [-0.4, -0.2) is 32.3 Å². The van der Waals surface area contributed by atoms with Crippen molar-refractivity contribution in [3.63, 3.8) is 0 Å². The smallest absolute Gasteiger partial charge is 0.389 e. The standard InChI is InChI=1S/C20H26F3N3O2.HI/c1-27-17-8-6-16(7-9-17)15-26-19(24-12-3-2-11-20(21,22)23)25-13-10-18-5-4-14-28-18;/h4-9,14H,2-3,10-13,15H2,1H3,(H2,24,25,26);1H. The van der Waals surface area contributed by atoms with Crippen LogP contribution in [-0.2, 0) is 13.0 Å². The number of halogens is 4. The molecule has 0 saturated carbocycles. The molecule has 0 fully saturated rings. The Hall–Kier alpha value is -1.91. The van der Waals surface area contributed by atoms with Crippen LogP contribution in [0.4, 0.5) is 13.2 Å². The molecule has 5 nitrogen and oxygen atoms in total. The Morgan fingerprint density at radius 1 is 1.07 bits per heavy atom. The molecule has 0 saturated heterocycles. The average Bonchev–Trinajstić information content (AvgIpc) is 3.18. The van der Waals surface area contributed by atoms with Gasteiger partial charge >= 0.3 is 6.18 Å². The summed E-state index contributed by atoms with van der Waals surface area (Å²) in [6.07, 6.45) is -2.06. The fourth-order valence-electron chi connectivity index (χ4n) is 2.49. The number of hydrogen-bond acceptors (Lipinski definition) is 3. The quantitative estimate of drug-likeness (QED) is 0.200. The molecule has 0 aliphatic heterocycles. The fraction of sp³-hybridized carbons (Fsp3) is 0.450. The van der Waals surface area contributed by atoms with Gasteiger partial charge in [-0.2, -0.15) is 13.2 Å². The molecule has 0 bridgehead atoms. The maximum atomic E-state index is 12.2. The first-order chi connectivity index (χ1) is 13.5. The van der Waals surface area contributed by atoms with E-state index in [0.717, 1.165) is 17.1 Å². The number of ether oxygens (including phenoxy) is 1. The summed E-state index contributed by atoms with van der Waals surface area (Å²) in [5.74, 6) is 2.19. The summed E-state index contributed by atoms with van der Waals surface area (Å²) >= 11 is 0. The van der Waals surface area contributed by atoms with E-state index in [1.54, 1.807) is 13.4 Å². The topological polar surface area (TPSA) is 58.8 Å². The molecule has 29 heavy (non-hydrogen) atoms. The highest BCUT2D eigenvalue weighted by molar-refractivity contribution is 14.0. The minimum Gasteiger partial charge on any atom is -0.497 e. The van der Waals surface area contributed by atoms with Gasteiger partial charge in [-0.15, -0.1) is 24.0 Å². The van der Waals surface area contributed by atoms with Gasteiger partial charge in [0.1, 0.15) is 11.5 Å². The molecule has 0 aliphatic rings. The Morgan fingerprint density at radius 3 is 2.41 bits per heavy atom. The first-order valence-electron chi connectivity index (χ1n) is 9.20. The highest BCUT2D eigenvalue weighted by Gasteiger charge is 2.25. The Kier molecular flexibility index (Phi) is 11.6. The second-order valence-electron chi connectivity index (χ2n) is 6.27. The highest BCUT2D eigenvalue weighted by atomic mass is 127. The van der Waals surface area contributed by atoms with Crippen LogP contribution in [0.5, 0.6) is 5.75 Å². The third kappa shape index (κ3) is 11.0. The van der Waals surface area contributed by atoms with Crippen molar-refractivity contribution in [2.45, 2.75) is 38.4 Å². The molecule has 0 amide bonds. The van der Waals surface area contributed by atoms with Crippen LogP contribution in [0, 0.1) is 0 Å². The zero-order chi connectivity index (χ0) is 20.2. The lowest BCUT2D eigenvalue weighted by Gasteiger charge is -2.13. The molecular formula is C20H27F3IN3O2. The van der Waals surface area contributed by atoms with Gasteiger partial charge in [-0.3, -0.25) is 0 Å². The summed E-state index contributed by atoms with van der Waals surface area (Å²) in [5.41, 5.74) is 1.00. The summed E-state index contributed by atoms with van der Waals surface area (Å²) in [6.45, 7) is 1.47. The number of guanidine groups is 1. The Balaban J connectivity index is 0.00000420. The highest BCUT2D eigenvalue weighted by Crippen LogP contribution is 2.21. The van der Waals surface area contributed by atoms with E-state index in [-0.39, 0.29) is 30.4 Å². The molecule has 1 heterocycles. The third-order valence-electron chi connectivity index (χ3n) is 4.00. The molecule has 9 heteroatoms. The van der Waals surface area contributed by atoms with Crippen LogP contribution in [0.2, 0.25) is 0 Å². The van der Waals surface area contributed by atoms with Gasteiger partial charge in [-0.05, 0) is 42.7 Å². The Bertz CT molecular complexity index is 705. The maximum absolute atomic E-state index is 12.2. The summed E-state index contributed by atoms with van der Waals surface area (Å²) in [6, 6.07) is 11.3. The number of benzene rings is 1. The molecule has 0 unspecified atom stereocenters. The van der Waals surface area contributed by atoms with Crippen LogP contribution in [0.15, 0.2) is 52.1 Å². The average molecular weight is 525 g/mol. The van der Waals surface area contributed by atoms with Crippen LogP contribution in [0.25, 0.3) is 0 Å². The number of alkyl halides is 3. The number of rotatable bonds is 10. The molecule has 2 rings (SSSR count). The summed E-state index contributed by atoms with van der Waals surface area (Å²) in [4.78, 5) is 4.52. The summed E-state index contributed by atoms with van der Waals surface area (Å²) < 4.78 is 47.1. The molecule has 1 aromatic heterocycles. The summed E-state index contributed by atoms with van der Waals surface area (Å²) in [5, 5.41) is 6.29. The van der Waals surface area contributed by atoms with Crippen molar-refractivity contribution in [3.8, 4) is 5.75 Å². The van der Waals surface area contributed by atoms with Crippen molar-refractivity contribution in [2.75, 3.05) is 20.2 Å². The first kappa shape index (κ1) is 25.1. The maximum Gasteiger partial charge on any atom is 0.389 e. The van der Waals surface area contributed by atoms with E-state index < -0.39 is 12.6 Å². The lowest BCUT2D eigenvalue weighted by Crippen LogP contribution is -2.39. The zero-order valence-corrected chi connectivity index (χ0v) is 18.6. The molecular weight excluding hydrogens is 498 g/mol. The van der Waals surface area contributed by atoms with Crippen LogP contribution in [0.3, 0.4) is 0 Å². The van der Waals surface area contributed by atoms with Crippen molar-refractivity contribution in [3.05, 3.63) is 54.0 Å². The summed E-state index contributed by atoms with van der Waals surface area (Å²) in [7, 11) is 1.61. The number of unbranched alkanes of at least 4 members (excludes halogenated alkanes) is 1. The van der Waals surface area contributed by atoms with E-state index in [4.69, 9.17) is 9.15 Å². The van der Waals surface area contributed by atoms with E-state index in [9.17, 15) is 13.2 Å². The normalized spacial score (nSPS) is 11.7. The fourth-order valence-corrected chi connectivity index (χ4v) is 2.49. The molecule has 0 spiro atoms. The largest absolute Gasteiger partial charge is 0.497 e. The number of nitrogens with one attached hydrogen (secondary N) is 2. The van der Waals surface area contributed by atoms with Crippen LogP contribution >= 0.6 is 24.0 Å². The number of hydrogen-bond donors (Lipinski definition) is 2. The number of aliphatic imine (C=N–C) groups is 1. The van der Waals surface area contributed by atoms with Crippen molar-refractivity contribution in [2.24, 2.45) is 4.99 Å². The number of nitrogens with zero attached hydrogens (tertiary/aromatic N) is 1. The van der Waals surface area contributed by atoms with Gasteiger partial charge in [0.05, 0.1) is 19.9 Å². The van der Waals surface area contributed by atoms with E-state index in [0.29, 0.717) is 38.4 Å². The van der Waals surface area contributed by atoms with E-state index in [1.807, 2.05) is 36.4 Å². The Labute approximate surface area is 186 Å². The van der Waals surface area contributed by atoms with Gasteiger partial charge < -0.3 is 19.8 Å². The second-order valence-corrected chi connectivity index (χ2v) is 6.27. The lowest BCUT2D eigenvalue weighted by molar-refractivity contribution is -0.135. The monoisotopic (exact) mass is 525 g/mol. The predicted molar refractivity (Wildman–Crippen MR) is 118 cm³/mol. The van der Waals surface area contributed by atoms with Crippen LogP contribution in [0.1, 0.15) is 30.6 Å². The van der Waals surface area contributed by atoms with Gasteiger partial charge in [0.2, 0.25) is 0 Å². The third-order valence-corrected chi connectivity index (χ3v) is 4.00. The molecule has 2 aromatic rings. The minimum absolute atomic E-state index is 0. The second kappa shape index (κ2) is 13.3. The number of furan rings is 1. The molecule has 162 valence electrons. The van der Waals surface area contributed by atoms with Crippen molar-refractivity contribution in [1.29, 1.82) is 0 Å². The van der Waals surface area contributed by atoms with Crippen molar-refractivity contribution in [1.82, 2.24) is 10.6 Å². The van der Waals surface area contributed by atoms with Gasteiger partial charge in [0.25, 0.3) is 0 Å². The van der Waals surface area contributed by atoms with Gasteiger partial charge in [-0.25, -0.2) is 4.99 Å². The lowest BCUT2D eigenvalue weighted by atomic mass is 10.2. The molecule has 0 atom stereocenters. The van der Waals surface area contributed by atoms with Gasteiger partial charge in [-0.1, -0.05) is 12.1 Å². The van der Waals surface area contributed by atoms with E-state index in [2.05, 4.69) is 15.6 Å². The first-order valence-corrected chi connectivity index (χ1v) is 9.20. The zero-order valence-electron chi connectivity index (χ0n) is 16.3. The van der Waals surface area contributed by atoms with Crippen LogP contribution < -0.4 is 15.4 Å². The minimum atomic E-state index is -4.10. The SMILES string of the molecule is COc1ccc(CN=C(NCCCCC(F)(F)F)NCCc2ccco2)cc1.I. The van der Waals surface area contributed by atoms with Gasteiger partial charge in [0, 0.05) is 25.9 Å². The van der Waals surface area contributed by atoms with E-state index in [1.165, 1.54) is 0 Å². The van der Waals surface area contributed by atoms with Crippen molar-refractivity contribution < 1.29 is 22.3 Å².